The first kappa shape index (κ1) is 16.8. The van der Waals surface area contributed by atoms with Gasteiger partial charge in [0.1, 0.15) is 17.0 Å². The van der Waals surface area contributed by atoms with Gasteiger partial charge in [-0.15, -0.1) is 0 Å². The van der Waals surface area contributed by atoms with E-state index in [0.29, 0.717) is 5.75 Å². The lowest BCUT2D eigenvalue weighted by Crippen LogP contribution is -2.52. The molecule has 0 aliphatic carbocycles. The summed E-state index contributed by atoms with van der Waals surface area (Å²) in [5.74, 6) is -0.213. The second-order valence-electron chi connectivity index (χ2n) is 5.24. The van der Waals surface area contributed by atoms with E-state index in [-0.39, 0.29) is 6.61 Å². The van der Waals surface area contributed by atoms with E-state index in [1.165, 1.54) is 20.9 Å². The Bertz CT molecular complexity index is 539. The number of hydrogen-bond donors (Lipinski definition) is 1. The van der Waals surface area contributed by atoms with Crippen molar-refractivity contribution in [2.24, 2.45) is 0 Å². The van der Waals surface area contributed by atoms with Crippen LogP contribution in [0.5, 0.6) is 11.5 Å². The number of carboxylic acids is 1. The van der Waals surface area contributed by atoms with Crippen molar-refractivity contribution in [1.29, 1.82) is 0 Å². The summed E-state index contributed by atoms with van der Waals surface area (Å²) in [5.41, 5.74) is -0.391. The molecule has 1 N–H and O–H groups in total. The Morgan fingerprint density at radius 3 is 2.43 bits per heavy atom. The van der Waals surface area contributed by atoms with Crippen LogP contribution in [0.3, 0.4) is 0 Å². The maximum Gasteiger partial charge on any atom is 0.329 e. The van der Waals surface area contributed by atoms with Gasteiger partial charge in [-0.3, -0.25) is 4.79 Å². The number of hydrogen-bond acceptors (Lipinski definition) is 4. The van der Waals surface area contributed by atoms with Gasteiger partial charge in [0.05, 0.1) is 7.11 Å². The third kappa shape index (κ3) is 3.87. The number of carboxylic acid groups (broad SMARTS) is 1. The molecule has 0 aliphatic rings. The number of likely N-dealkylation sites (N-methyl/N-ethyl adjacent to an activating group) is 1. The molecule has 1 aromatic carbocycles. The van der Waals surface area contributed by atoms with Crippen LogP contribution in [-0.4, -0.2) is 48.2 Å². The fourth-order valence-corrected chi connectivity index (χ4v) is 1.64. The first-order chi connectivity index (χ1) is 9.70. The van der Waals surface area contributed by atoms with Crippen molar-refractivity contribution in [3.8, 4) is 11.5 Å². The molecule has 6 heteroatoms. The highest BCUT2D eigenvalue weighted by atomic mass is 16.5. The van der Waals surface area contributed by atoms with E-state index in [0.717, 1.165) is 16.2 Å². The van der Waals surface area contributed by atoms with Crippen LogP contribution < -0.4 is 9.47 Å². The van der Waals surface area contributed by atoms with Gasteiger partial charge >= 0.3 is 5.97 Å². The normalized spacial score (nSPS) is 10.9. The molecule has 0 aliphatic heterocycles. The minimum absolute atomic E-state index is 0.223. The van der Waals surface area contributed by atoms with Gasteiger partial charge in [0.15, 0.2) is 6.61 Å². The van der Waals surface area contributed by atoms with Crippen molar-refractivity contribution >= 4 is 11.9 Å². The van der Waals surface area contributed by atoms with Gasteiger partial charge in [0, 0.05) is 7.05 Å². The molecule has 6 nitrogen and oxygen atoms in total. The zero-order valence-corrected chi connectivity index (χ0v) is 13.0. The highest BCUT2D eigenvalue weighted by molar-refractivity contribution is 5.86. The number of amides is 1. The van der Waals surface area contributed by atoms with E-state index in [4.69, 9.17) is 14.6 Å². The Morgan fingerprint density at radius 2 is 1.95 bits per heavy atom. The average molecular weight is 295 g/mol. The number of aryl methyl sites for hydroxylation is 1. The highest BCUT2D eigenvalue weighted by Gasteiger charge is 2.35. The lowest BCUT2D eigenvalue weighted by molar-refractivity contribution is -0.156. The Labute approximate surface area is 124 Å². The third-order valence-corrected chi connectivity index (χ3v) is 3.46. The molecule has 0 bridgehead atoms. The minimum Gasteiger partial charge on any atom is -0.496 e. The standard InChI is InChI=1S/C15H21NO5/c1-10-8-11(6-7-12(10)20-5)21-9-13(17)16(4)15(2,3)14(18)19/h6-8H,9H2,1-5H3,(H,18,19). The quantitative estimate of drug-likeness (QED) is 0.864. The zero-order chi connectivity index (χ0) is 16.2. The predicted octanol–water partition coefficient (Wildman–Crippen LogP) is 1.70. The number of ether oxygens (including phenoxy) is 2. The first-order valence-electron chi connectivity index (χ1n) is 6.47. The average Bonchev–Trinajstić information content (AvgIpc) is 2.43. The summed E-state index contributed by atoms with van der Waals surface area (Å²) in [5, 5.41) is 9.09. The molecule has 0 spiro atoms. The maximum atomic E-state index is 12.0. The van der Waals surface area contributed by atoms with Crippen LogP contribution in [-0.2, 0) is 9.59 Å². The molecule has 21 heavy (non-hydrogen) atoms. The lowest BCUT2D eigenvalue weighted by Gasteiger charge is -2.31. The van der Waals surface area contributed by atoms with E-state index in [1.54, 1.807) is 25.3 Å². The van der Waals surface area contributed by atoms with Crippen LogP contribution in [0.4, 0.5) is 0 Å². The molecule has 0 saturated carbocycles. The van der Waals surface area contributed by atoms with Crippen LogP contribution >= 0.6 is 0 Å². The number of carbonyl (C=O) groups excluding carboxylic acids is 1. The molecular formula is C15H21NO5. The van der Waals surface area contributed by atoms with Crippen LogP contribution in [0.15, 0.2) is 18.2 Å². The molecule has 1 rings (SSSR count). The van der Waals surface area contributed by atoms with Crippen molar-refractivity contribution < 1.29 is 24.2 Å². The monoisotopic (exact) mass is 295 g/mol. The first-order valence-corrected chi connectivity index (χ1v) is 6.47. The van der Waals surface area contributed by atoms with Crippen LogP contribution in [0.25, 0.3) is 0 Å². The van der Waals surface area contributed by atoms with Crippen molar-refractivity contribution in [2.45, 2.75) is 26.3 Å². The van der Waals surface area contributed by atoms with E-state index >= 15 is 0 Å². The van der Waals surface area contributed by atoms with E-state index in [9.17, 15) is 9.59 Å². The Kier molecular flexibility index (Phi) is 5.18. The third-order valence-electron chi connectivity index (χ3n) is 3.46. The number of methoxy groups -OCH3 is 1. The van der Waals surface area contributed by atoms with Gasteiger partial charge in [0.2, 0.25) is 0 Å². The summed E-state index contributed by atoms with van der Waals surface area (Å²) in [7, 11) is 3.02. The topological polar surface area (TPSA) is 76.1 Å². The molecule has 0 radical (unpaired) electrons. The second kappa shape index (κ2) is 6.47. The smallest absolute Gasteiger partial charge is 0.329 e. The molecule has 0 heterocycles. The second-order valence-corrected chi connectivity index (χ2v) is 5.24. The maximum absolute atomic E-state index is 12.0. The summed E-state index contributed by atoms with van der Waals surface area (Å²) < 4.78 is 10.5. The van der Waals surface area contributed by atoms with E-state index in [1.807, 2.05) is 6.92 Å². The predicted molar refractivity (Wildman–Crippen MR) is 77.7 cm³/mol. The molecule has 0 unspecified atom stereocenters. The van der Waals surface area contributed by atoms with Crippen LogP contribution in [0, 0.1) is 6.92 Å². The number of aliphatic carboxylic acids is 1. The lowest BCUT2D eigenvalue weighted by atomic mass is 10.0. The molecule has 0 fully saturated rings. The fraction of sp³-hybridized carbons (Fsp3) is 0.467. The summed E-state index contributed by atoms with van der Waals surface area (Å²) in [4.78, 5) is 24.3. The van der Waals surface area contributed by atoms with Crippen molar-refractivity contribution in [2.75, 3.05) is 20.8 Å². The van der Waals surface area contributed by atoms with Crippen molar-refractivity contribution in [1.82, 2.24) is 4.90 Å². The minimum atomic E-state index is -1.28. The number of carbonyl (C=O) groups is 2. The summed E-state index contributed by atoms with van der Waals surface area (Å²) in [6.45, 7) is 4.57. The Hall–Kier alpha value is -2.24. The zero-order valence-electron chi connectivity index (χ0n) is 13.0. The highest BCUT2D eigenvalue weighted by Crippen LogP contribution is 2.23. The van der Waals surface area contributed by atoms with Gasteiger partial charge < -0.3 is 19.5 Å². The number of nitrogens with zero attached hydrogens (tertiary/aromatic N) is 1. The number of rotatable bonds is 6. The van der Waals surface area contributed by atoms with Gasteiger partial charge in [-0.1, -0.05) is 0 Å². The summed E-state index contributed by atoms with van der Waals surface area (Å²) in [6.07, 6.45) is 0. The van der Waals surface area contributed by atoms with E-state index in [2.05, 4.69) is 0 Å². The van der Waals surface area contributed by atoms with Gasteiger partial charge in [-0.05, 0) is 44.5 Å². The molecule has 0 saturated heterocycles. The number of benzene rings is 1. The molecule has 0 atom stereocenters. The van der Waals surface area contributed by atoms with Crippen molar-refractivity contribution in [3.63, 3.8) is 0 Å². The molecule has 1 aromatic rings. The van der Waals surface area contributed by atoms with Crippen LogP contribution in [0.2, 0.25) is 0 Å². The van der Waals surface area contributed by atoms with Gasteiger partial charge in [-0.25, -0.2) is 4.79 Å². The molecular weight excluding hydrogens is 274 g/mol. The fourth-order valence-electron chi connectivity index (χ4n) is 1.64. The Balaban J connectivity index is 2.69. The van der Waals surface area contributed by atoms with Crippen molar-refractivity contribution in [3.05, 3.63) is 23.8 Å². The molecule has 0 aromatic heterocycles. The SMILES string of the molecule is COc1ccc(OCC(=O)N(C)C(C)(C)C(=O)O)cc1C. The summed E-state index contributed by atoms with van der Waals surface area (Å²) in [6, 6.07) is 5.20. The Morgan fingerprint density at radius 1 is 1.33 bits per heavy atom. The van der Waals surface area contributed by atoms with Crippen LogP contribution in [0.1, 0.15) is 19.4 Å². The molecule has 116 valence electrons. The summed E-state index contributed by atoms with van der Waals surface area (Å²) >= 11 is 0. The van der Waals surface area contributed by atoms with E-state index < -0.39 is 17.4 Å². The van der Waals surface area contributed by atoms with Gasteiger partial charge in [0.25, 0.3) is 5.91 Å². The largest absolute Gasteiger partial charge is 0.496 e. The molecule has 1 amide bonds. The van der Waals surface area contributed by atoms with Gasteiger partial charge in [-0.2, -0.15) is 0 Å².